The van der Waals surface area contributed by atoms with Crippen molar-refractivity contribution >= 4 is 56.6 Å². The third kappa shape index (κ3) is 5.59. The third-order valence-corrected chi connectivity index (χ3v) is 6.86. The van der Waals surface area contributed by atoms with Crippen LogP contribution < -0.4 is 5.32 Å². The number of hydrogen-bond acceptors (Lipinski definition) is 5. The van der Waals surface area contributed by atoms with E-state index in [0.29, 0.717) is 22.7 Å². The Morgan fingerprint density at radius 3 is 2.53 bits per heavy atom. The number of hydrogen-bond donors (Lipinski definition) is 1. The van der Waals surface area contributed by atoms with E-state index in [4.69, 9.17) is 4.74 Å². The van der Waals surface area contributed by atoms with Crippen LogP contribution in [0.5, 0.6) is 0 Å². The van der Waals surface area contributed by atoms with Crippen molar-refractivity contribution in [3.8, 4) is 0 Å². The van der Waals surface area contributed by atoms with E-state index >= 15 is 0 Å². The Morgan fingerprint density at radius 1 is 1.12 bits per heavy atom. The predicted octanol–water partition coefficient (Wildman–Crippen LogP) is 5.92. The minimum Gasteiger partial charge on any atom is -0.462 e. The van der Waals surface area contributed by atoms with Crippen molar-refractivity contribution in [2.45, 2.75) is 26.4 Å². The average molecular weight is 536 g/mol. The molecule has 0 radical (unpaired) electrons. The van der Waals surface area contributed by atoms with Gasteiger partial charge in [0.1, 0.15) is 5.00 Å². The van der Waals surface area contributed by atoms with E-state index in [2.05, 4.69) is 38.3 Å². The van der Waals surface area contributed by atoms with Crippen molar-refractivity contribution in [2.75, 3.05) is 18.5 Å². The number of halogens is 2. The van der Waals surface area contributed by atoms with Crippen molar-refractivity contribution in [3.63, 3.8) is 0 Å². The Morgan fingerprint density at radius 2 is 1.84 bits per heavy atom. The van der Waals surface area contributed by atoms with E-state index < -0.39 is 0 Å². The normalized spacial score (nSPS) is 13.1. The van der Waals surface area contributed by atoms with E-state index in [0.717, 1.165) is 41.0 Å². The van der Waals surface area contributed by atoms with Gasteiger partial charge in [-0.15, -0.1) is 23.7 Å². The van der Waals surface area contributed by atoms with Gasteiger partial charge in [0.05, 0.1) is 12.2 Å². The molecule has 5 nitrogen and oxygen atoms in total. The molecule has 0 bridgehead atoms. The molecule has 0 saturated heterocycles. The van der Waals surface area contributed by atoms with Crippen molar-refractivity contribution in [1.29, 1.82) is 0 Å². The molecule has 0 atom stereocenters. The van der Waals surface area contributed by atoms with Crippen LogP contribution in [0.2, 0.25) is 0 Å². The van der Waals surface area contributed by atoms with Crippen molar-refractivity contribution < 1.29 is 14.3 Å². The molecule has 1 amide bonds. The Hall–Kier alpha value is -2.19. The molecule has 0 saturated carbocycles. The molecule has 8 heteroatoms. The molecule has 0 aliphatic carbocycles. The number of esters is 1. The van der Waals surface area contributed by atoms with Crippen LogP contribution in [-0.4, -0.2) is 29.9 Å². The Labute approximate surface area is 206 Å². The smallest absolute Gasteiger partial charge is 0.341 e. The quantitative estimate of drug-likeness (QED) is 0.398. The summed E-state index contributed by atoms with van der Waals surface area (Å²) in [6.07, 6.45) is 0.751. The molecular weight excluding hydrogens is 512 g/mol. The first-order chi connectivity index (χ1) is 15.0. The molecule has 1 N–H and O–H groups in total. The lowest BCUT2D eigenvalue weighted by atomic mass is 10.0. The van der Waals surface area contributed by atoms with Gasteiger partial charge >= 0.3 is 5.97 Å². The summed E-state index contributed by atoms with van der Waals surface area (Å²) >= 11 is 4.85. The zero-order chi connectivity index (χ0) is 21.8. The van der Waals surface area contributed by atoms with E-state index in [1.165, 1.54) is 16.9 Å². The summed E-state index contributed by atoms with van der Waals surface area (Å²) in [6.45, 7) is 4.54. The predicted molar refractivity (Wildman–Crippen MR) is 134 cm³/mol. The number of ether oxygens (including phenoxy) is 1. The molecular formula is C24H24BrClN2O3S. The number of rotatable bonds is 6. The maximum Gasteiger partial charge on any atom is 0.341 e. The molecule has 3 aromatic rings. The lowest BCUT2D eigenvalue weighted by Crippen LogP contribution is -2.29. The lowest BCUT2D eigenvalue weighted by molar-refractivity contribution is 0.0526. The number of amides is 1. The van der Waals surface area contributed by atoms with Crippen LogP contribution in [0.15, 0.2) is 59.1 Å². The van der Waals surface area contributed by atoms with Gasteiger partial charge in [-0.05, 0) is 48.7 Å². The van der Waals surface area contributed by atoms with Crippen LogP contribution in [-0.2, 0) is 24.2 Å². The largest absolute Gasteiger partial charge is 0.462 e. The average Bonchev–Trinajstić information content (AvgIpc) is 3.12. The van der Waals surface area contributed by atoms with Gasteiger partial charge in [-0.3, -0.25) is 9.69 Å². The van der Waals surface area contributed by atoms with Gasteiger partial charge in [0.25, 0.3) is 5.91 Å². The SMILES string of the molecule is CCOC(=O)c1c(NC(=O)c2ccc(Br)cc2)sc2c1CCN(Cc1ccccc1)C2.Cl. The summed E-state index contributed by atoms with van der Waals surface area (Å²) < 4.78 is 6.22. The van der Waals surface area contributed by atoms with Crippen molar-refractivity contribution in [1.82, 2.24) is 4.90 Å². The van der Waals surface area contributed by atoms with Crippen LogP contribution in [0.4, 0.5) is 5.00 Å². The minimum absolute atomic E-state index is 0. The van der Waals surface area contributed by atoms with Crippen LogP contribution in [0.1, 0.15) is 43.6 Å². The second-order valence-electron chi connectivity index (χ2n) is 7.34. The fourth-order valence-electron chi connectivity index (χ4n) is 3.72. The van der Waals surface area contributed by atoms with Crippen molar-refractivity contribution in [2.24, 2.45) is 0 Å². The number of benzene rings is 2. The first-order valence-corrected chi connectivity index (χ1v) is 11.8. The molecule has 1 aliphatic heterocycles. The highest BCUT2D eigenvalue weighted by Crippen LogP contribution is 2.38. The maximum absolute atomic E-state index is 12.8. The number of carbonyl (C=O) groups excluding carboxylic acids is 2. The second kappa shape index (κ2) is 11.1. The Kier molecular flexibility index (Phi) is 8.48. The summed E-state index contributed by atoms with van der Waals surface area (Å²) in [5.74, 6) is -0.611. The van der Waals surface area contributed by atoms with Crippen LogP contribution in [0.25, 0.3) is 0 Å². The van der Waals surface area contributed by atoms with Gasteiger partial charge in [0, 0.05) is 34.5 Å². The summed E-state index contributed by atoms with van der Waals surface area (Å²) in [5, 5.41) is 3.52. The fourth-order valence-corrected chi connectivity index (χ4v) is 5.25. The van der Waals surface area contributed by atoms with E-state index in [-0.39, 0.29) is 24.3 Å². The van der Waals surface area contributed by atoms with Crippen LogP contribution in [0, 0.1) is 0 Å². The molecule has 0 fully saturated rings. The van der Waals surface area contributed by atoms with E-state index in [9.17, 15) is 9.59 Å². The van der Waals surface area contributed by atoms with Gasteiger partial charge in [0.15, 0.2) is 0 Å². The second-order valence-corrected chi connectivity index (χ2v) is 9.36. The van der Waals surface area contributed by atoms with Crippen molar-refractivity contribution in [3.05, 3.63) is 86.2 Å². The summed E-state index contributed by atoms with van der Waals surface area (Å²) in [5.41, 5.74) is 3.30. The highest BCUT2D eigenvalue weighted by Gasteiger charge is 2.29. The first kappa shape index (κ1) is 24.5. The zero-order valence-electron chi connectivity index (χ0n) is 17.6. The van der Waals surface area contributed by atoms with Gasteiger partial charge in [-0.25, -0.2) is 4.79 Å². The first-order valence-electron chi connectivity index (χ1n) is 10.2. The molecule has 4 rings (SSSR count). The summed E-state index contributed by atoms with van der Waals surface area (Å²) in [7, 11) is 0. The number of nitrogens with zero attached hydrogens (tertiary/aromatic N) is 1. The highest BCUT2D eigenvalue weighted by atomic mass is 79.9. The van der Waals surface area contributed by atoms with E-state index in [1.54, 1.807) is 19.1 Å². The number of anilines is 1. The molecule has 168 valence electrons. The van der Waals surface area contributed by atoms with Crippen LogP contribution >= 0.6 is 39.7 Å². The van der Waals surface area contributed by atoms with Gasteiger partial charge in [-0.2, -0.15) is 0 Å². The molecule has 0 spiro atoms. The summed E-state index contributed by atoms with van der Waals surface area (Å²) in [4.78, 5) is 29.0. The minimum atomic E-state index is -0.373. The molecule has 0 unspecified atom stereocenters. The summed E-state index contributed by atoms with van der Waals surface area (Å²) in [6, 6.07) is 17.5. The lowest BCUT2D eigenvalue weighted by Gasteiger charge is -2.27. The molecule has 1 aromatic heterocycles. The van der Waals surface area contributed by atoms with E-state index in [1.807, 2.05) is 30.3 Å². The number of nitrogens with one attached hydrogen (secondary N) is 1. The van der Waals surface area contributed by atoms with Crippen LogP contribution in [0.3, 0.4) is 0 Å². The molecule has 2 heterocycles. The monoisotopic (exact) mass is 534 g/mol. The molecule has 32 heavy (non-hydrogen) atoms. The third-order valence-electron chi connectivity index (χ3n) is 5.20. The fraction of sp³-hybridized carbons (Fsp3) is 0.250. The zero-order valence-corrected chi connectivity index (χ0v) is 20.8. The van der Waals surface area contributed by atoms with Gasteiger partial charge in [0.2, 0.25) is 0 Å². The maximum atomic E-state index is 12.8. The number of fused-ring (bicyclic) bond motifs is 1. The molecule has 2 aromatic carbocycles. The number of carbonyl (C=O) groups is 2. The number of thiophene rings is 1. The highest BCUT2D eigenvalue weighted by molar-refractivity contribution is 9.10. The standard InChI is InChI=1S/C24H23BrN2O3S.ClH/c1-2-30-24(29)21-19-12-13-27(14-16-6-4-3-5-7-16)15-20(19)31-23(21)26-22(28)17-8-10-18(25)11-9-17;/h3-11H,2,12-15H2,1H3,(H,26,28);1H. The Balaban J connectivity index is 0.00000289. The molecule has 1 aliphatic rings. The van der Waals surface area contributed by atoms with Gasteiger partial charge in [-0.1, -0.05) is 46.3 Å². The topological polar surface area (TPSA) is 58.6 Å². The van der Waals surface area contributed by atoms with Gasteiger partial charge < -0.3 is 10.1 Å². The Bertz CT molecular complexity index is 1090.